The third-order valence-electron chi connectivity index (χ3n) is 8.99. The number of aromatic nitrogens is 3. The molecule has 0 N–H and O–H groups in total. The molecule has 6 fully saturated rings. The van der Waals surface area contributed by atoms with Crippen LogP contribution in [0.2, 0.25) is 0 Å². The first-order valence-corrected chi connectivity index (χ1v) is 8.20. The van der Waals surface area contributed by atoms with Crippen molar-refractivity contribution in [2.75, 3.05) is 0 Å². The lowest BCUT2D eigenvalue weighted by Crippen LogP contribution is -3.01. The molecule has 0 amide bonds. The summed E-state index contributed by atoms with van der Waals surface area (Å²) < 4.78 is 10.9. The van der Waals surface area contributed by atoms with Crippen LogP contribution in [-0.4, -0.2) is 26.1 Å². The normalized spacial score (nSPS) is 67.5. The Bertz CT molecular complexity index is 854. The Morgan fingerprint density at radius 3 is 1.90 bits per heavy atom. The van der Waals surface area contributed by atoms with Gasteiger partial charge in [0, 0.05) is 17.9 Å². The van der Waals surface area contributed by atoms with E-state index in [2.05, 4.69) is 0 Å². The third kappa shape index (κ3) is 0.525. The van der Waals surface area contributed by atoms with Gasteiger partial charge in [-0.15, -0.1) is 0 Å². The standard InChI is InChI=1S/C15H15N3O3/c1-16-12(19)17-10-6-7-9-8(6)14(10)2-4-5(21-4)3-15(9,14)11(7)18(17)13(16)20/h4-11H,2-3H2,1H3/t4-,5-,6-,7+,8-,9+,10-,11-,14+,15-/m1/s1. The van der Waals surface area contributed by atoms with E-state index in [1.807, 2.05) is 9.36 Å². The minimum absolute atomic E-state index is 0.0935. The molecule has 5 saturated carbocycles. The molecular formula is C15H15N3O3. The Kier molecular flexibility index (Phi) is 0.971. The van der Waals surface area contributed by atoms with Crippen LogP contribution in [0.25, 0.3) is 0 Å². The summed E-state index contributed by atoms with van der Waals surface area (Å²) in [5.41, 5.74) is 0.446. The first kappa shape index (κ1) is 9.66. The Morgan fingerprint density at radius 1 is 0.952 bits per heavy atom. The van der Waals surface area contributed by atoms with Crippen molar-refractivity contribution in [1.29, 1.82) is 0 Å². The fourth-order valence-corrected chi connectivity index (χ4v) is 8.81. The summed E-state index contributed by atoms with van der Waals surface area (Å²) in [7, 11) is 1.63. The van der Waals surface area contributed by atoms with Gasteiger partial charge in [0.2, 0.25) is 0 Å². The molecule has 2 spiro atoms. The second-order valence-corrected chi connectivity index (χ2v) is 8.61. The molecule has 2 bridgehead atoms. The van der Waals surface area contributed by atoms with Crippen molar-refractivity contribution in [3.63, 3.8) is 0 Å². The van der Waals surface area contributed by atoms with Gasteiger partial charge in [-0.05, 0) is 36.5 Å². The largest absolute Gasteiger partial charge is 0.370 e. The predicted octanol–water partition coefficient (Wildman–Crippen LogP) is -0.503. The van der Waals surface area contributed by atoms with Gasteiger partial charge in [0.05, 0.1) is 24.3 Å². The summed E-state index contributed by atoms with van der Waals surface area (Å²) in [5, 5.41) is 0. The van der Waals surface area contributed by atoms with E-state index in [-0.39, 0.29) is 11.4 Å². The van der Waals surface area contributed by atoms with Crippen molar-refractivity contribution in [3.8, 4) is 0 Å². The van der Waals surface area contributed by atoms with Crippen LogP contribution >= 0.6 is 0 Å². The van der Waals surface area contributed by atoms with Crippen LogP contribution in [0.15, 0.2) is 9.59 Å². The average molecular weight is 285 g/mol. The number of nitrogens with zero attached hydrogens (tertiary/aromatic N) is 3. The molecule has 1 saturated heterocycles. The molecule has 21 heavy (non-hydrogen) atoms. The van der Waals surface area contributed by atoms with E-state index in [9.17, 15) is 9.59 Å². The fourth-order valence-electron chi connectivity index (χ4n) is 8.81. The first-order chi connectivity index (χ1) is 10.1. The Balaban J connectivity index is 1.53. The Hall–Kier alpha value is -1.30. The zero-order valence-corrected chi connectivity index (χ0v) is 11.6. The molecule has 0 unspecified atom stereocenters. The summed E-state index contributed by atoms with van der Waals surface area (Å²) in [6, 6.07) is 0.600. The van der Waals surface area contributed by atoms with Crippen molar-refractivity contribution in [1.82, 2.24) is 13.9 Å². The molecule has 4 heterocycles. The highest BCUT2D eigenvalue weighted by atomic mass is 16.6. The average Bonchev–Trinajstić information content (AvgIpc) is 3.15. The zero-order chi connectivity index (χ0) is 13.6. The van der Waals surface area contributed by atoms with E-state index < -0.39 is 0 Å². The maximum absolute atomic E-state index is 12.6. The van der Waals surface area contributed by atoms with Gasteiger partial charge in [-0.1, -0.05) is 0 Å². The first-order valence-electron chi connectivity index (χ1n) is 8.20. The van der Waals surface area contributed by atoms with Crippen molar-refractivity contribution >= 4 is 0 Å². The van der Waals surface area contributed by atoms with E-state index in [4.69, 9.17) is 4.74 Å². The van der Waals surface area contributed by atoms with Crippen LogP contribution in [0.1, 0.15) is 24.9 Å². The highest BCUT2D eigenvalue weighted by molar-refractivity contribution is 5.50. The SMILES string of the molecule is Cn1c(=O)n2n(c1=O)[C@@H]1[C@H]3[C@@H]4[C@@H]5[C@H]3[C@]13C[C@H]1O[C@@H]1C[C@@]53[C@@H]42. The van der Waals surface area contributed by atoms with Gasteiger partial charge in [0.1, 0.15) is 0 Å². The van der Waals surface area contributed by atoms with Crippen molar-refractivity contribution in [2.45, 2.75) is 37.1 Å². The molecule has 0 aromatic carbocycles. The van der Waals surface area contributed by atoms with Crippen LogP contribution in [-0.2, 0) is 11.8 Å². The second kappa shape index (κ2) is 2.11. The molecule has 0 radical (unpaired) electrons. The van der Waals surface area contributed by atoms with Crippen LogP contribution in [0, 0.1) is 34.5 Å². The summed E-state index contributed by atoms with van der Waals surface area (Å²) in [6.07, 6.45) is 3.22. The van der Waals surface area contributed by atoms with Gasteiger partial charge in [-0.3, -0.25) is 0 Å². The molecular weight excluding hydrogens is 270 g/mol. The van der Waals surface area contributed by atoms with E-state index in [0.717, 1.165) is 24.7 Å². The maximum Gasteiger partial charge on any atom is 0.347 e. The number of ether oxygens (including phenoxy) is 1. The quantitative estimate of drug-likeness (QED) is 0.604. The highest BCUT2D eigenvalue weighted by Gasteiger charge is 3.03. The Labute approximate surface area is 119 Å². The fraction of sp³-hybridized carbons (Fsp3) is 0.867. The summed E-state index contributed by atoms with van der Waals surface area (Å²) in [6.45, 7) is 0. The number of hydrogen-bond donors (Lipinski definition) is 0. The second-order valence-electron chi connectivity index (χ2n) is 8.61. The van der Waals surface area contributed by atoms with E-state index in [0.29, 0.717) is 47.0 Å². The molecule has 1 aromatic rings. The minimum atomic E-state index is -0.0935. The Morgan fingerprint density at radius 2 is 1.43 bits per heavy atom. The molecule has 6 heteroatoms. The summed E-state index contributed by atoms with van der Waals surface area (Å²) in [4.78, 5) is 25.1. The van der Waals surface area contributed by atoms with E-state index in [1.165, 1.54) is 4.57 Å². The highest BCUT2D eigenvalue weighted by Crippen LogP contribution is 3.04. The smallest absolute Gasteiger partial charge is 0.347 e. The van der Waals surface area contributed by atoms with Crippen LogP contribution in [0.5, 0.6) is 0 Å². The van der Waals surface area contributed by atoms with Gasteiger partial charge in [0.25, 0.3) is 0 Å². The zero-order valence-electron chi connectivity index (χ0n) is 11.6. The van der Waals surface area contributed by atoms with Gasteiger partial charge in [0.15, 0.2) is 0 Å². The number of epoxide rings is 1. The number of rotatable bonds is 0. The lowest BCUT2D eigenvalue weighted by molar-refractivity contribution is -0.557. The summed E-state index contributed by atoms with van der Waals surface area (Å²) in [5.74, 6) is 3.09. The maximum atomic E-state index is 12.6. The van der Waals surface area contributed by atoms with E-state index >= 15 is 0 Å². The minimum Gasteiger partial charge on any atom is -0.370 e. The molecule has 9 rings (SSSR count). The number of hydrogen-bond acceptors (Lipinski definition) is 3. The molecule has 8 aliphatic rings. The molecule has 3 aliphatic heterocycles. The van der Waals surface area contributed by atoms with Crippen LogP contribution < -0.4 is 11.4 Å². The summed E-state index contributed by atoms with van der Waals surface area (Å²) >= 11 is 0. The molecule has 5 aliphatic carbocycles. The monoisotopic (exact) mass is 285 g/mol. The molecule has 6 nitrogen and oxygen atoms in total. The molecule has 1 aromatic heterocycles. The predicted molar refractivity (Wildman–Crippen MR) is 68.7 cm³/mol. The van der Waals surface area contributed by atoms with Crippen molar-refractivity contribution in [3.05, 3.63) is 21.0 Å². The van der Waals surface area contributed by atoms with Gasteiger partial charge in [-0.25, -0.2) is 23.5 Å². The van der Waals surface area contributed by atoms with E-state index in [1.54, 1.807) is 7.05 Å². The number of fused-ring (bicyclic) bond motifs is 1. The van der Waals surface area contributed by atoms with Gasteiger partial charge < -0.3 is 4.74 Å². The lowest BCUT2D eigenvalue weighted by Gasteiger charge is -3.02. The van der Waals surface area contributed by atoms with Crippen molar-refractivity contribution in [2.24, 2.45) is 41.5 Å². The molecule has 10 atom stereocenters. The van der Waals surface area contributed by atoms with Crippen molar-refractivity contribution < 1.29 is 4.74 Å². The van der Waals surface area contributed by atoms with Gasteiger partial charge >= 0.3 is 11.4 Å². The van der Waals surface area contributed by atoms with Crippen LogP contribution in [0.3, 0.4) is 0 Å². The topological polar surface area (TPSA) is 61.5 Å². The third-order valence-corrected chi connectivity index (χ3v) is 8.99. The lowest BCUT2D eigenvalue weighted by atomic mass is 9.04. The van der Waals surface area contributed by atoms with Gasteiger partial charge in [-0.2, -0.15) is 0 Å². The van der Waals surface area contributed by atoms with Crippen LogP contribution in [0.4, 0.5) is 0 Å². The molecule has 108 valence electrons.